The fraction of sp³-hybridized carbons (Fsp3) is 0.100. The Morgan fingerprint density at radius 2 is 1.34 bits per heavy atom. The van der Waals surface area contributed by atoms with Crippen molar-refractivity contribution in [1.82, 2.24) is 9.55 Å². The molecule has 2 aliphatic heterocycles. The van der Waals surface area contributed by atoms with Crippen LogP contribution in [0.2, 0.25) is 0 Å². The van der Waals surface area contributed by atoms with Crippen LogP contribution in [0.3, 0.4) is 0 Å². The summed E-state index contributed by atoms with van der Waals surface area (Å²) in [6.45, 7) is 2.32. The van der Waals surface area contributed by atoms with E-state index >= 15 is 0 Å². The van der Waals surface area contributed by atoms with Crippen molar-refractivity contribution in [2.75, 3.05) is 4.90 Å². The van der Waals surface area contributed by atoms with E-state index in [2.05, 4.69) is 133 Å². The van der Waals surface area contributed by atoms with Gasteiger partial charge in [-0.05, 0) is 47.9 Å². The van der Waals surface area contributed by atoms with Crippen LogP contribution in [-0.4, -0.2) is 21.0 Å². The molecule has 44 heavy (non-hydrogen) atoms. The van der Waals surface area contributed by atoms with E-state index in [-0.39, 0.29) is 11.8 Å². The highest BCUT2D eigenvalue weighted by atomic mass is 16.2. The quantitative estimate of drug-likeness (QED) is 0.214. The second kappa shape index (κ2) is 9.01. The first-order valence-electron chi connectivity index (χ1n) is 15.2. The van der Waals surface area contributed by atoms with Gasteiger partial charge in [0.05, 0.1) is 33.2 Å². The lowest BCUT2D eigenvalue weighted by atomic mass is 9.53. The summed E-state index contributed by atoms with van der Waals surface area (Å²) in [7, 11) is 0. The van der Waals surface area contributed by atoms with Gasteiger partial charge in [0.25, 0.3) is 5.91 Å². The highest BCUT2D eigenvalue weighted by Gasteiger charge is 2.58. The number of imidazole rings is 1. The molecule has 0 fully saturated rings. The SMILES string of the molecule is CC12C=CC=CC1C(c1ccccc1)(c1ccccc1)c1ccccc1N2c1cccc2c1C(=O)n1c-2nc2ccccc21. The standard InChI is InChI=1S/C40H29N3O/c1-39-26-13-12-25-35(39)40(27-15-4-2-5-16-27,28-17-6-3-7-18-28)30-20-8-10-22-32(30)43(39)34-24-14-19-29-36(34)38(44)42-33-23-11-9-21-31(33)41-37(29)42/h2-26,35H,1H3. The van der Waals surface area contributed by atoms with E-state index < -0.39 is 11.0 Å². The zero-order valence-corrected chi connectivity index (χ0v) is 24.3. The van der Waals surface area contributed by atoms with E-state index in [1.54, 1.807) is 4.57 Å². The van der Waals surface area contributed by atoms with Gasteiger partial charge in [0, 0.05) is 17.2 Å². The summed E-state index contributed by atoms with van der Waals surface area (Å²) in [4.78, 5) is 21.8. The van der Waals surface area contributed by atoms with Crippen LogP contribution in [0.25, 0.3) is 22.4 Å². The van der Waals surface area contributed by atoms with Gasteiger partial charge in [-0.3, -0.25) is 9.36 Å². The first kappa shape index (κ1) is 25.1. The number of hydrogen-bond acceptors (Lipinski definition) is 3. The molecule has 0 saturated carbocycles. The topological polar surface area (TPSA) is 38.1 Å². The number of nitrogens with zero attached hydrogens (tertiary/aromatic N) is 3. The Bertz CT molecular complexity index is 2140. The third kappa shape index (κ3) is 3.07. The molecule has 4 nitrogen and oxygen atoms in total. The van der Waals surface area contributed by atoms with Crippen molar-refractivity contribution in [1.29, 1.82) is 0 Å². The Morgan fingerprint density at radius 1 is 0.682 bits per heavy atom. The van der Waals surface area contributed by atoms with Gasteiger partial charge >= 0.3 is 0 Å². The second-order valence-corrected chi connectivity index (χ2v) is 12.1. The molecule has 0 bridgehead atoms. The van der Waals surface area contributed by atoms with E-state index in [0.29, 0.717) is 11.4 Å². The van der Waals surface area contributed by atoms with Crippen molar-refractivity contribution in [3.63, 3.8) is 0 Å². The van der Waals surface area contributed by atoms with Gasteiger partial charge in [-0.2, -0.15) is 0 Å². The summed E-state index contributed by atoms with van der Waals surface area (Å²) in [5.74, 6) is 0.683. The molecule has 6 aromatic rings. The highest BCUT2D eigenvalue weighted by molar-refractivity contribution is 6.16. The van der Waals surface area contributed by atoms with Crippen LogP contribution < -0.4 is 4.90 Å². The summed E-state index contributed by atoms with van der Waals surface area (Å²) < 4.78 is 1.79. The molecule has 0 saturated heterocycles. The van der Waals surface area contributed by atoms with E-state index in [0.717, 1.165) is 28.0 Å². The molecule has 2 atom stereocenters. The first-order chi connectivity index (χ1) is 21.6. The van der Waals surface area contributed by atoms with Gasteiger partial charge < -0.3 is 4.90 Å². The van der Waals surface area contributed by atoms with E-state index in [1.807, 2.05) is 30.3 Å². The molecule has 1 aliphatic carbocycles. The number of carbonyl (C=O) groups excluding carboxylic acids is 1. The Balaban J connectivity index is 1.37. The summed E-state index contributed by atoms with van der Waals surface area (Å²) in [5.41, 5.74) is 7.95. The van der Waals surface area contributed by atoms with Crippen LogP contribution in [0.4, 0.5) is 11.4 Å². The van der Waals surface area contributed by atoms with Crippen LogP contribution in [0.15, 0.2) is 152 Å². The molecule has 5 aromatic carbocycles. The number of para-hydroxylation sites is 3. The molecular formula is C40H29N3O. The second-order valence-electron chi connectivity index (χ2n) is 12.1. The number of anilines is 2. The number of allylic oxidation sites excluding steroid dienone is 2. The zero-order valence-electron chi connectivity index (χ0n) is 24.3. The Morgan fingerprint density at radius 3 is 2.11 bits per heavy atom. The molecule has 2 unspecified atom stereocenters. The third-order valence-corrected chi connectivity index (χ3v) is 9.96. The normalized spacial score (nSPS) is 20.7. The van der Waals surface area contributed by atoms with Crippen molar-refractivity contribution in [3.05, 3.63) is 174 Å². The summed E-state index contributed by atoms with van der Waals surface area (Å²) in [5, 5.41) is 0. The summed E-state index contributed by atoms with van der Waals surface area (Å²) in [6.07, 6.45) is 9.02. The molecule has 0 radical (unpaired) electrons. The van der Waals surface area contributed by atoms with Gasteiger partial charge in [-0.25, -0.2) is 4.98 Å². The fourth-order valence-corrected chi connectivity index (χ4v) is 8.24. The predicted octanol–water partition coefficient (Wildman–Crippen LogP) is 8.69. The largest absolute Gasteiger partial charge is 0.330 e. The molecule has 0 spiro atoms. The van der Waals surface area contributed by atoms with Gasteiger partial charge in [0.2, 0.25) is 0 Å². The average molecular weight is 568 g/mol. The molecule has 0 N–H and O–H groups in total. The summed E-state index contributed by atoms with van der Waals surface area (Å²) >= 11 is 0. The van der Waals surface area contributed by atoms with Crippen LogP contribution in [-0.2, 0) is 5.41 Å². The van der Waals surface area contributed by atoms with Crippen LogP contribution in [0.1, 0.15) is 34.0 Å². The number of fused-ring (bicyclic) bond motifs is 7. The van der Waals surface area contributed by atoms with Crippen molar-refractivity contribution < 1.29 is 4.79 Å². The number of rotatable bonds is 3. The lowest BCUT2D eigenvalue weighted by Gasteiger charge is -2.59. The van der Waals surface area contributed by atoms with E-state index in [4.69, 9.17) is 4.98 Å². The lowest BCUT2D eigenvalue weighted by molar-refractivity contribution is 0.0973. The maximum atomic E-state index is 14.4. The number of benzene rings is 5. The maximum absolute atomic E-state index is 14.4. The van der Waals surface area contributed by atoms with E-state index in [9.17, 15) is 4.79 Å². The molecule has 1 aromatic heterocycles. The minimum absolute atomic E-state index is 0.00457. The average Bonchev–Trinajstić information content (AvgIpc) is 3.59. The minimum atomic E-state index is -0.517. The molecule has 210 valence electrons. The lowest BCUT2D eigenvalue weighted by Crippen LogP contribution is -2.60. The van der Waals surface area contributed by atoms with Crippen molar-refractivity contribution in [2.45, 2.75) is 17.9 Å². The van der Waals surface area contributed by atoms with Gasteiger partial charge in [-0.15, -0.1) is 0 Å². The number of hydrogen-bond donors (Lipinski definition) is 0. The molecular weight excluding hydrogens is 538 g/mol. The predicted molar refractivity (Wildman–Crippen MR) is 176 cm³/mol. The third-order valence-electron chi connectivity index (χ3n) is 9.96. The molecule has 9 rings (SSSR count). The monoisotopic (exact) mass is 567 g/mol. The molecule has 4 heteroatoms. The number of aromatic nitrogens is 2. The van der Waals surface area contributed by atoms with Crippen LogP contribution in [0.5, 0.6) is 0 Å². The molecule has 3 heterocycles. The smallest absolute Gasteiger partial charge is 0.266 e. The fourth-order valence-electron chi connectivity index (χ4n) is 8.24. The van der Waals surface area contributed by atoms with Crippen LogP contribution >= 0.6 is 0 Å². The minimum Gasteiger partial charge on any atom is -0.330 e. The van der Waals surface area contributed by atoms with Crippen LogP contribution in [0, 0.1) is 5.92 Å². The summed E-state index contributed by atoms with van der Waals surface area (Å²) in [6, 6.07) is 44.6. The Hall–Kier alpha value is -5.48. The molecule has 3 aliphatic rings. The Kier molecular flexibility index (Phi) is 5.13. The number of carbonyl (C=O) groups is 1. The zero-order chi connectivity index (χ0) is 29.5. The first-order valence-corrected chi connectivity index (χ1v) is 15.2. The van der Waals surface area contributed by atoms with Gasteiger partial charge in [-0.1, -0.05) is 127 Å². The Labute approximate surface area is 256 Å². The maximum Gasteiger partial charge on any atom is 0.266 e. The van der Waals surface area contributed by atoms with Crippen molar-refractivity contribution >= 4 is 28.3 Å². The molecule has 0 amide bonds. The van der Waals surface area contributed by atoms with Gasteiger partial charge in [0.1, 0.15) is 5.82 Å². The van der Waals surface area contributed by atoms with Gasteiger partial charge in [0.15, 0.2) is 0 Å². The van der Waals surface area contributed by atoms with E-state index in [1.165, 1.54) is 16.7 Å². The highest BCUT2D eigenvalue weighted by Crippen LogP contribution is 2.61. The van der Waals surface area contributed by atoms with Crippen molar-refractivity contribution in [3.8, 4) is 11.4 Å². The van der Waals surface area contributed by atoms with Crippen molar-refractivity contribution in [2.24, 2.45) is 5.92 Å².